The van der Waals surface area contributed by atoms with Crippen LogP contribution in [-0.4, -0.2) is 11.2 Å². The average Bonchev–Trinajstić information content (AvgIpc) is 2.39. The van der Waals surface area contributed by atoms with Crippen LogP contribution in [0.3, 0.4) is 0 Å². The molecule has 1 rings (SSSR count). The Morgan fingerprint density at radius 2 is 1.84 bits per heavy atom. The minimum atomic E-state index is -1.34. The summed E-state index contributed by atoms with van der Waals surface area (Å²) in [6.07, 6.45) is 0.504. The molecule has 0 aliphatic carbocycles. The molecule has 0 radical (unpaired) electrons. The zero-order chi connectivity index (χ0) is 14.5. The van der Waals surface area contributed by atoms with Gasteiger partial charge >= 0.3 is 5.97 Å². The Hall–Kier alpha value is -1.42. The largest absolute Gasteiger partial charge is 0.460 e. The molecule has 104 valence electrons. The molecule has 19 heavy (non-hydrogen) atoms. The lowest BCUT2D eigenvalue weighted by Gasteiger charge is -2.24. The van der Waals surface area contributed by atoms with E-state index in [-0.39, 0.29) is 25.0 Å². The summed E-state index contributed by atoms with van der Waals surface area (Å²) in [7, 11) is 0. The first-order valence-corrected chi connectivity index (χ1v) is 6.46. The summed E-state index contributed by atoms with van der Waals surface area (Å²) in [4.78, 5) is 23.4. The van der Waals surface area contributed by atoms with Crippen LogP contribution in [0.4, 0.5) is 4.39 Å². The first-order valence-electron chi connectivity index (χ1n) is 6.08. The Labute approximate surface area is 116 Å². The number of carbonyl (C=O) groups is 2. The molecule has 0 saturated heterocycles. The molecular weight excluding hydrogens is 271 g/mol. The molecule has 0 saturated carbocycles. The van der Waals surface area contributed by atoms with Crippen LogP contribution < -0.4 is 0 Å². The van der Waals surface area contributed by atoms with E-state index in [9.17, 15) is 14.0 Å². The van der Waals surface area contributed by atoms with Gasteiger partial charge in [0.1, 0.15) is 17.8 Å². The monoisotopic (exact) mass is 286 g/mol. The molecule has 0 atom stereocenters. The summed E-state index contributed by atoms with van der Waals surface area (Å²) in [5, 5.41) is -0.740. The third-order valence-electron chi connectivity index (χ3n) is 3.29. The molecule has 0 unspecified atom stereocenters. The lowest BCUT2D eigenvalue weighted by atomic mass is 9.84. The maximum Gasteiger partial charge on any atom is 0.321 e. The Balaban J connectivity index is 2.79. The van der Waals surface area contributed by atoms with Crippen molar-refractivity contribution < 1.29 is 18.7 Å². The van der Waals surface area contributed by atoms with E-state index < -0.39 is 22.4 Å². The van der Waals surface area contributed by atoms with E-state index >= 15 is 0 Å². The fourth-order valence-electron chi connectivity index (χ4n) is 1.79. The molecule has 0 bridgehead atoms. The van der Waals surface area contributed by atoms with E-state index in [4.69, 9.17) is 16.3 Å². The van der Waals surface area contributed by atoms with Gasteiger partial charge in [0.2, 0.25) is 5.24 Å². The van der Waals surface area contributed by atoms with Crippen molar-refractivity contribution in [1.82, 2.24) is 0 Å². The quantitative estimate of drug-likeness (QED) is 0.457. The zero-order valence-electron chi connectivity index (χ0n) is 10.9. The first kappa shape index (κ1) is 15.6. The van der Waals surface area contributed by atoms with Crippen molar-refractivity contribution in [3.63, 3.8) is 0 Å². The zero-order valence-corrected chi connectivity index (χ0v) is 11.7. The van der Waals surface area contributed by atoms with Gasteiger partial charge in [0.15, 0.2) is 0 Å². The van der Waals surface area contributed by atoms with Crippen molar-refractivity contribution in [2.24, 2.45) is 5.41 Å². The van der Waals surface area contributed by atoms with Crippen molar-refractivity contribution >= 4 is 22.8 Å². The van der Waals surface area contributed by atoms with E-state index in [2.05, 4.69) is 0 Å². The highest BCUT2D eigenvalue weighted by Gasteiger charge is 2.43. The number of carbonyl (C=O) groups excluding carboxylic acids is 2. The van der Waals surface area contributed by atoms with E-state index in [1.165, 1.54) is 12.1 Å². The van der Waals surface area contributed by atoms with Crippen LogP contribution in [0.1, 0.15) is 32.3 Å². The molecule has 0 spiro atoms. The third kappa shape index (κ3) is 3.32. The highest BCUT2D eigenvalue weighted by atomic mass is 35.5. The van der Waals surface area contributed by atoms with Gasteiger partial charge in [0, 0.05) is 5.56 Å². The van der Waals surface area contributed by atoms with Crippen molar-refractivity contribution in [1.29, 1.82) is 0 Å². The normalized spacial score (nSPS) is 11.2. The molecule has 0 aliphatic rings. The highest BCUT2D eigenvalue weighted by Crippen LogP contribution is 2.31. The molecule has 0 aromatic heterocycles. The van der Waals surface area contributed by atoms with Crippen LogP contribution in [0.2, 0.25) is 0 Å². The van der Waals surface area contributed by atoms with E-state index in [0.29, 0.717) is 0 Å². The van der Waals surface area contributed by atoms with Gasteiger partial charge in [-0.25, -0.2) is 4.39 Å². The van der Waals surface area contributed by atoms with Crippen LogP contribution in [0, 0.1) is 11.2 Å². The number of benzene rings is 1. The van der Waals surface area contributed by atoms with Crippen molar-refractivity contribution in [3.05, 3.63) is 35.6 Å². The smallest absolute Gasteiger partial charge is 0.321 e. The Morgan fingerprint density at radius 1 is 1.26 bits per heavy atom. The molecule has 1 aromatic rings. The summed E-state index contributed by atoms with van der Waals surface area (Å²) in [5.74, 6) is -1.16. The summed E-state index contributed by atoms with van der Waals surface area (Å²) in [6.45, 7) is 3.17. The first-order chi connectivity index (χ1) is 8.97. The SMILES string of the molecule is CCC(CC)(C(=O)Cl)C(=O)OCc1ccccc1F. The van der Waals surface area contributed by atoms with Gasteiger partial charge in [0.25, 0.3) is 0 Å². The fourth-order valence-corrected chi connectivity index (χ4v) is 2.14. The second-order valence-electron chi connectivity index (χ2n) is 4.23. The van der Waals surface area contributed by atoms with Crippen LogP contribution in [0.25, 0.3) is 0 Å². The number of rotatable bonds is 6. The minimum absolute atomic E-state index is 0.211. The lowest BCUT2D eigenvalue weighted by molar-refractivity contribution is -0.160. The molecule has 3 nitrogen and oxygen atoms in total. The van der Waals surface area contributed by atoms with Crippen molar-refractivity contribution in [2.75, 3.05) is 0 Å². The van der Waals surface area contributed by atoms with Gasteiger partial charge in [0.05, 0.1) is 0 Å². The number of esters is 1. The van der Waals surface area contributed by atoms with Gasteiger partial charge in [-0.1, -0.05) is 32.0 Å². The molecular formula is C14H16ClFO3. The Kier molecular flexibility index (Phi) is 5.48. The van der Waals surface area contributed by atoms with Gasteiger partial charge in [-0.05, 0) is 30.5 Å². The molecule has 5 heteroatoms. The van der Waals surface area contributed by atoms with E-state index in [1.54, 1.807) is 26.0 Å². The fraction of sp³-hybridized carbons (Fsp3) is 0.429. The topological polar surface area (TPSA) is 43.4 Å². The standard InChI is InChI=1S/C14H16ClFO3/c1-3-14(4-2,12(15)17)13(18)19-9-10-7-5-6-8-11(10)16/h5-8H,3-4,9H2,1-2H3. The van der Waals surface area contributed by atoms with E-state index in [0.717, 1.165) is 0 Å². The van der Waals surface area contributed by atoms with Gasteiger partial charge < -0.3 is 4.74 Å². The predicted molar refractivity (Wildman–Crippen MR) is 70.1 cm³/mol. The summed E-state index contributed by atoms with van der Waals surface area (Å²) in [6, 6.07) is 5.99. The molecule has 0 heterocycles. The second kappa shape index (κ2) is 6.66. The lowest BCUT2D eigenvalue weighted by Crippen LogP contribution is -2.37. The number of hydrogen-bond donors (Lipinski definition) is 0. The molecule has 0 amide bonds. The average molecular weight is 287 g/mol. The Bertz CT molecular complexity index is 470. The maximum atomic E-state index is 13.4. The van der Waals surface area contributed by atoms with Crippen molar-refractivity contribution in [3.8, 4) is 0 Å². The maximum absolute atomic E-state index is 13.4. The Morgan fingerprint density at radius 3 is 2.32 bits per heavy atom. The van der Waals surface area contributed by atoms with Crippen LogP contribution in [0.5, 0.6) is 0 Å². The molecule has 1 aromatic carbocycles. The molecule has 0 N–H and O–H groups in total. The summed E-state index contributed by atoms with van der Waals surface area (Å²) >= 11 is 5.49. The number of halogens is 2. The summed E-state index contributed by atoms with van der Waals surface area (Å²) < 4.78 is 18.4. The molecule has 0 fully saturated rings. The number of hydrogen-bond acceptors (Lipinski definition) is 3. The summed E-state index contributed by atoms with van der Waals surface area (Å²) in [5.41, 5.74) is -1.08. The van der Waals surface area contributed by atoms with E-state index in [1.807, 2.05) is 0 Å². The predicted octanol–water partition coefficient (Wildman–Crippen LogP) is 3.44. The molecule has 0 aliphatic heterocycles. The minimum Gasteiger partial charge on any atom is -0.460 e. The van der Waals surface area contributed by atoms with Crippen LogP contribution in [-0.2, 0) is 20.9 Å². The van der Waals surface area contributed by atoms with Crippen LogP contribution in [0.15, 0.2) is 24.3 Å². The highest BCUT2D eigenvalue weighted by molar-refractivity contribution is 6.66. The van der Waals surface area contributed by atoms with Crippen LogP contribution >= 0.6 is 11.6 Å². The van der Waals surface area contributed by atoms with Gasteiger partial charge in [-0.15, -0.1) is 0 Å². The second-order valence-corrected chi connectivity index (χ2v) is 4.57. The number of ether oxygens (including phenoxy) is 1. The third-order valence-corrected chi connectivity index (χ3v) is 3.65. The van der Waals surface area contributed by atoms with Crippen molar-refractivity contribution in [2.45, 2.75) is 33.3 Å². The van der Waals surface area contributed by atoms with Gasteiger partial charge in [-0.3, -0.25) is 9.59 Å². The van der Waals surface area contributed by atoms with Gasteiger partial charge in [-0.2, -0.15) is 0 Å².